The van der Waals surface area contributed by atoms with Gasteiger partial charge in [-0.05, 0) is 31.0 Å². The predicted molar refractivity (Wildman–Crippen MR) is 76.8 cm³/mol. The van der Waals surface area contributed by atoms with Gasteiger partial charge in [-0.25, -0.2) is 9.37 Å². The summed E-state index contributed by atoms with van der Waals surface area (Å²) in [5.41, 5.74) is 4.61. The van der Waals surface area contributed by atoms with Crippen LogP contribution < -0.4 is 11.3 Å². The topological polar surface area (TPSA) is 50.9 Å². The molecule has 0 aliphatic carbocycles. The molecule has 102 valence electrons. The molecule has 0 bridgehead atoms. The zero-order chi connectivity index (χ0) is 13.8. The SMILES string of the molecule is Cc1nc(CC(Cc2ccc(Cl)c(F)c2)NN)cs1. The molecule has 0 spiro atoms. The molecule has 0 radical (unpaired) electrons. The van der Waals surface area contributed by atoms with Crippen LogP contribution in [0.15, 0.2) is 23.6 Å². The van der Waals surface area contributed by atoms with Crippen molar-refractivity contribution in [3.05, 3.63) is 50.7 Å². The van der Waals surface area contributed by atoms with Crippen LogP contribution in [0.2, 0.25) is 5.02 Å². The van der Waals surface area contributed by atoms with Crippen LogP contribution in [-0.2, 0) is 12.8 Å². The number of benzene rings is 1. The van der Waals surface area contributed by atoms with Gasteiger partial charge in [0, 0.05) is 17.8 Å². The predicted octanol–water partition coefficient (Wildman–Crippen LogP) is 2.86. The molecule has 0 saturated heterocycles. The van der Waals surface area contributed by atoms with Crippen LogP contribution in [0.5, 0.6) is 0 Å². The first-order valence-electron chi connectivity index (χ1n) is 5.89. The van der Waals surface area contributed by atoms with Gasteiger partial charge < -0.3 is 0 Å². The number of hydrogen-bond donors (Lipinski definition) is 2. The number of thiazole rings is 1. The van der Waals surface area contributed by atoms with Crippen LogP contribution >= 0.6 is 22.9 Å². The van der Waals surface area contributed by atoms with Crippen molar-refractivity contribution in [2.24, 2.45) is 5.84 Å². The fraction of sp³-hybridized carbons (Fsp3) is 0.308. The van der Waals surface area contributed by atoms with Crippen molar-refractivity contribution in [2.45, 2.75) is 25.8 Å². The van der Waals surface area contributed by atoms with E-state index < -0.39 is 5.82 Å². The average molecular weight is 300 g/mol. The quantitative estimate of drug-likeness (QED) is 0.659. The zero-order valence-electron chi connectivity index (χ0n) is 10.5. The first-order valence-corrected chi connectivity index (χ1v) is 7.15. The lowest BCUT2D eigenvalue weighted by Gasteiger charge is -2.15. The van der Waals surface area contributed by atoms with Gasteiger partial charge in [-0.2, -0.15) is 0 Å². The third kappa shape index (κ3) is 3.98. The van der Waals surface area contributed by atoms with Gasteiger partial charge >= 0.3 is 0 Å². The summed E-state index contributed by atoms with van der Waals surface area (Å²) in [6.45, 7) is 1.97. The molecule has 0 saturated carbocycles. The number of aromatic nitrogens is 1. The maximum absolute atomic E-state index is 13.4. The van der Waals surface area contributed by atoms with Gasteiger partial charge in [0.25, 0.3) is 0 Å². The van der Waals surface area contributed by atoms with E-state index in [0.717, 1.165) is 16.3 Å². The monoisotopic (exact) mass is 299 g/mol. The fourth-order valence-corrected chi connectivity index (χ4v) is 2.64. The van der Waals surface area contributed by atoms with Crippen LogP contribution in [0.4, 0.5) is 4.39 Å². The van der Waals surface area contributed by atoms with E-state index in [2.05, 4.69) is 10.4 Å². The highest BCUT2D eigenvalue weighted by molar-refractivity contribution is 7.09. The molecule has 19 heavy (non-hydrogen) atoms. The number of nitrogens with one attached hydrogen (secondary N) is 1. The second kappa shape index (κ2) is 6.43. The first-order chi connectivity index (χ1) is 9.08. The number of rotatable bonds is 5. The molecule has 6 heteroatoms. The Morgan fingerprint density at radius 1 is 1.47 bits per heavy atom. The highest BCUT2D eigenvalue weighted by atomic mass is 35.5. The van der Waals surface area contributed by atoms with Crippen molar-refractivity contribution in [2.75, 3.05) is 0 Å². The molecule has 0 aliphatic heterocycles. The third-order valence-corrected chi connectivity index (χ3v) is 3.95. The third-order valence-electron chi connectivity index (χ3n) is 2.82. The minimum Gasteiger partial charge on any atom is -0.271 e. The zero-order valence-corrected chi connectivity index (χ0v) is 12.1. The largest absolute Gasteiger partial charge is 0.271 e. The lowest BCUT2D eigenvalue weighted by Crippen LogP contribution is -2.38. The fourth-order valence-electron chi connectivity index (χ4n) is 1.90. The molecule has 0 aliphatic rings. The number of nitrogens with zero attached hydrogens (tertiary/aromatic N) is 1. The number of nitrogens with two attached hydrogens (primary N) is 1. The van der Waals surface area contributed by atoms with E-state index in [1.165, 1.54) is 6.07 Å². The summed E-state index contributed by atoms with van der Waals surface area (Å²) in [5, 5.41) is 3.18. The van der Waals surface area contributed by atoms with Gasteiger partial charge in [-0.3, -0.25) is 11.3 Å². The molecular weight excluding hydrogens is 285 g/mol. The van der Waals surface area contributed by atoms with Crippen molar-refractivity contribution in [1.82, 2.24) is 10.4 Å². The van der Waals surface area contributed by atoms with Crippen LogP contribution in [0.1, 0.15) is 16.3 Å². The molecule has 3 nitrogen and oxygen atoms in total. The van der Waals surface area contributed by atoms with E-state index in [-0.39, 0.29) is 11.1 Å². The Morgan fingerprint density at radius 3 is 2.84 bits per heavy atom. The lowest BCUT2D eigenvalue weighted by atomic mass is 10.0. The Bertz CT molecular complexity index is 559. The van der Waals surface area contributed by atoms with Gasteiger partial charge in [0.1, 0.15) is 5.82 Å². The number of hydrazine groups is 1. The van der Waals surface area contributed by atoms with Gasteiger partial charge in [0.2, 0.25) is 0 Å². The summed E-state index contributed by atoms with van der Waals surface area (Å²) < 4.78 is 13.4. The highest BCUT2D eigenvalue weighted by Crippen LogP contribution is 2.17. The van der Waals surface area contributed by atoms with Crippen molar-refractivity contribution < 1.29 is 4.39 Å². The summed E-state index contributed by atoms with van der Waals surface area (Å²) >= 11 is 7.27. The molecule has 3 N–H and O–H groups in total. The van der Waals surface area contributed by atoms with Crippen LogP contribution in [0, 0.1) is 12.7 Å². The average Bonchev–Trinajstić information content (AvgIpc) is 2.78. The maximum atomic E-state index is 13.4. The Hall–Kier alpha value is -1.01. The molecule has 2 aromatic rings. The standard InChI is InChI=1S/C13H15ClFN3S/c1-8-17-11(7-19-8)6-10(18-16)4-9-2-3-12(14)13(15)5-9/h2-3,5,7,10,18H,4,6,16H2,1H3. The Labute approximate surface area is 120 Å². The first kappa shape index (κ1) is 14.4. The van der Waals surface area contributed by atoms with Crippen LogP contribution in [0.3, 0.4) is 0 Å². The molecule has 1 unspecified atom stereocenters. The summed E-state index contributed by atoms with van der Waals surface area (Å²) in [5.74, 6) is 5.15. The number of halogens is 2. The molecule has 0 amide bonds. The Morgan fingerprint density at radius 2 is 2.26 bits per heavy atom. The number of hydrogen-bond acceptors (Lipinski definition) is 4. The van der Waals surface area contributed by atoms with E-state index in [0.29, 0.717) is 12.8 Å². The van der Waals surface area contributed by atoms with Crippen molar-refractivity contribution in [3.63, 3.8) is 0 Å². The smallest absolute Gasteiger partial charge is 0.142 e. The lowest BCUT2D eigenvalue weighted by molar-refractivity contribution is 0.516. The minimum atomic E-state index is -0.403. The maximum Gasteiger partial charge on any atom is 0.142 e. The second-order valence-electron chi connectivity index (χ2n) is 4.38. The van der Waals surface area contributed by atoms with E-state index in [4.69, 9.17) is 17.4 Å². The normalized spacial score (nSPS) is 12.6. The van der Waals surface area contributed by atoms with E-state index in [1.54, 1.807) is 17.4 Å². The van der Waals surface area contributed by atoms with Crippen molar-refractivity contribution >= 4 is 22.9 Å². The van der Waals surface area contributed by atoms with Crippen molar-refractivity contribution in [1.29, 1.82) is 0 Å². The van der Waals surface area contributed by atoms with E-state index >= 15 is 0 Å². The van der Waals surface area contributed by atoms with Gasteiger partial charge in [0.15, 0.2) is 0 Å². The Kier molecular flexibility index (Phi) is 4.87. The summed E-state index contributed by atoms with van der Waals surface area (Å²) in [6.07, 6.45) is 1.34. The summed E-state index contributed by atoms with van der Waals surface area (Å²) in [4.78, 5) is 4.40. The molecule has 1 aromatic heterocycles. The molecule has 1 aromatic carbocycles. The van der Waals surface area contributed by atoms with Gasteiger partial charge in [-0.1, -0.05) is 17.7 Å². The van der Waals surface area contributed by atoms with Gasteiger partial charge in [0.05, 0.1) is 15.7 Å². The van der Waals surface area contributed by atoms with Crippen LogP contribution in [0.25, 0.3) is 0 Å². The van der Waals surface area contributed by atoms with Gasteiger partial charge in [-0.15, -0.1) is 11.3 Å². The van der Waals surface area contributed by atoms with E-state index in [9.17, 15) is 4.39 Å². The van der Waals surface area contributed by atoms with Crippen molar-refractivity contribution in [3.8, 4) is 0 Å². The molecule has 1 atom stereocenters. The summed E-state index contributed by atoms with van der Waals surface area (Å²) in [6, 6.07) is 4.83. The highest BCUT2D eigenvalue weighted by Gasteiger charge is 2.12. The van der Waals surface area contributed by atoms with Crippen LogP contribution in [-0.4, -0.2) is 11.0 Å². The number of aryl methyl sites for hydroxylation is 1. The Balaban J connectivity index is 2.04. The second-order valence-corrected chi connectivity index (χ2v) is 5.85. The summed E-state index contributed by atoms with van der Waals surface area (Å²) in [7, 11) is 0. The molecule has 0 fully saturated rings. The minimum absolute atomic E-state index is 0.0158. The molecular formula is C13H15ClFN3S. The van der Waals surface area contributed by atoms with E-state index in [1.807, 2.05) is 18.4 Å². The molecule has 2 rings (SSSR count). The molecule has 1 heterocycles.